The quantitative estimate of drug-likeness (QED) is 0.397. The van der Waals surface area contributed by atoms with Crippen LogP contribution in [0.2, 0.25) is 0 Å². The highest BCUT2D eigenvalue weighted by atomic mass is 16.6. The summed E-state index contributed by atoms with van der Waals surface area (Å²) in [5.74, 6) is -2.63. The highest BCUT2D eigenvalue weighted by Gasteiger charge is 2.49. The number of hydrogen-bond donors (Lipinski definition) is 3. The summed E-state index contributed by atoms with van der Waals surface area (Å²) in [6.45, 7) is 10.2. The Morgan fingerprint density at radius 2 is 1.70 bits per heavy atom. The molecule has 4 N–H and O–H groups in total. The third-order valence-electron chi connectivity index (χ3n) is 6.05. The van der Waals surface area contributed by atoms with Crippen molar-refractivity contribution in [3.05, 3.63) is 34.9 Å². The zero-order valence-electron chi connectivity index (χ0n) is 22.5. The second kappa shape index (κ2) is 12.1. The molecule has 0 bridgehead atoms. The van der Waals surface area contributed by atoms with Gasteiger partial charge in [0, 0.05) is 6.04 Å². The lowest BCUT2D eigenvalue weighted by Crippen LogP contribution is -2.55. The van der Waals surface area contributed by atoms with Gasteiger partial charge in [-0.2, -0.15) is 0 Å². The fraction of sp³-hybridized carbons (Fsp3) is 0.577. The minimum atomic E-state index is -1.36. The lowest BCUT2D eigenvalue weighted by atomic mass is 9.93. The summed E-state index contributed by atoms with van der Waals surface area (Å²) in [6.07, 6.45) is -0.763. The Hall–Kier alpha value is -3.63. The molecule has 0 aromatic heterocycles. The van der Waals surface area contributed by atoms with Crippen molar-refractivity contribution < 1.29 is 33.4 Å². The van der Waals surface area contributed by atoms with E-state index in [2.05, 4.69) is 15.4 Å². The normalized spacial score (nSPS) is 18.1. The molecule has 2 rings (SSSR count). The molecule has 1 aromatic rings. The second-order valence-electron chi connectivity index (χ2n) is 10.4. The molecule has 0 saturated heterocycles. The van der Waals surface area contributed by atoms with E-state index in [4.69, 9.17) is 10.5 Å². The third kappa shape index (κ3) is 8.19. The van der Waals surface area contributed by atoms with Crippen molar-refractivity contribution in [1.82, 2.24) is 15.5 Å². The molecule has 4 unspecified atom stereocenters. The van der Waals surface area contributed by atoms with Crippen LogP contribution in [-0.4, -0.2) is 66.0 Å². The standard InChI is InChI=1S/C26H38N4O7/c1-14-9-8-10-15(2)21(14)22(23(33)28-13-20(32)36-7)30(18-11-16(18)3)24(34)17(12-19(27)31)29-25(35)37-26(4,5)6/h8-10,16-18,22H,11-13H2,1-7H3,(H2,27,31)(H,28,33)(H,29,35). The van der Waals surface area contributed by atoms with E-state index in [1.54, 1.807) is 20.8 Å². The molecule has 11 heteroatoms. The molecule has 11 nitrogen and oxygen atoms in total. The summed E-state index contributed by atoms with van der Waals surface area (Å²) in [4.78, 5) is 65.2. The topological polar surface area (TPSA) is 157 Å². The lowest BCUT2D eigenvalue weighted by molar-refractivity contribution is -0.146. The van der Waals surface area contributed by atoms with E-state index in [-0.39, 0.29) is 18.5 Å². The van der Waals surface area contributed by atoms with Crippen LogP contribution in [0, 0.1) is 19.8 Å². The molecule has 37 heavy (non-hydrogen) atoms. The van der Waals surface area contributed by atoms with Crippen LogP contribution in [0.5, 0.6) is 0 Å². The van der Waals surface area contributed by atoms with E-state index < -0.39 is 53.9 Å². The minimum absolute atomic E-state index is 0.0694. The monoisotopic (exact) mass is 518 g/mol. The van der Waals surface area contributed by atoms with E-state index in [1.807, 2.05) is 39.0 Å². The molecule has 4 amide bonds. The van der Waals surface area contributed by atoms with Crippen molar-refractivity contribution in [3.8, 4) is 0 Å². The fourth-order valence-corrected chi connectivity index (χ4v) is 4.19. The molecule has 204 valence electrons. The third-order valence-corrected chi connectivity index (χ3v) is 6.05. The van der Waals surface area contributed by atoms with E-state index in [0.717, 1.165) is 11.1 Å². The average molecular weight is 519 g/mol. The highest BCUT2D eigenvalue weighted by Crippen LogP contribution is 2.42. The zero-order valence-corrected chi connectivity index (χ0v) is 22.5. The first-order chi connectivity index (χ1) is 17.2. The zero-order chi connectivity index (χ0) is 28.1. The van der Waals surface area contributed by atoms with Crippen molar-refractivity contribution in [2.75, 3.05) is 13.7 Å². The molecule has 4 atom stereocenters. The molecule has 0 radical (unpaired) electrons. The fourth-order valence-electron chi connectivity index (χ4n) is 4.19. The SMILES string of the molecule is COC(=O)CNC(=O)C(c1c(C)cccc1C)N(C(=O)C(CC(N)=O)NC(=O)OC(C)(C)C)C1CC1C. The maximum atomic E-state index is 14.0. The van der Waals surface area contributed by atoms with Crippen molar-refractivity contribution in [2.24, 2.45) is 11.7 Å². The first kappa shape index (κ1) is 29.6. The molecule has 1 fully saturated rings. The van der Waals surface area contributed by atoms with E-state index >= 15 is 0 Å². The number of rotatable bonds is 10. The first-order valence-electron chi connectivity index (χ1n) is 12.2. The van der Waals surface area contributed by atoms with Crippen LogP contribution in [0.1, 0.15) is 63.3 Å². The first-order valence-corrected chi connectivity index (χ1v) is 12.2. The minimum Gasteiger partial charge on any atom is -0.468 e. The molecule has 1 saturated carbocycles. The Balaban J connectivity index is 2.56. The Morgan fingerprint density at radius 1 is 1.14 bits per heavy atom. The number of hydrogen-bond acceptors (Lipinski definition) is 7. The Labute approximate surface area is 217 Å². The number of carbonyl (C=O) groups excluding carboxylic acids is 5. The summed E-state index contributed by atoms with van der Waals surface area (Å²) >= 11 is 0. The summed E-state index contributed by atoms with van der Waals surface area (Å²) in [5.41, 5.74) is 6.68. The van der Waals surface area contributed by atoms with Crippen LogP contribution in [0.25, 0.3) is 0 Å². The van der Waals surface area contributed by atoms with Crippen molar-refractivity contribution in [3.63, 3.8) is 0 Å². The number of aryl methyl sites for hydroxylation is 2. The molecule has 1 aliphatic carbocycles. The number of primary amides is 1. The van der Waals surface area contributed by atoms with Gasteiger partial charge in [0.25, 0.3) is 0 Å². The van der Waals surface area contributed by atoms with Gasteiger partial charge >= 0.3 is 12.1 Å². The maximum Gasteiger partial charge on any atom is 0.408 e. The average Bonchev–Trinajstić information content (AvgIpc) is 3.49. The van der Waals surface area contributed by atoms with Crippen LogP contribution in [0.15, 0.2) is 18.2 Å². The number of esters is 1. The molecule has 1 aliphatic rings. The molecular formula is C26H38N4O7. The van der Waals surface area contributed by atoms with Crippen LogP contribution in [0.4, 0.5) is 4.79 Å². The molecular weight excluding hydrogens is 480 g/mol. The van der Waals surface area contributed by atoms with Crippen LogP contribution < -0.4 is 16.4 Å². The van der Waals surface area contributed by atoms with Crippen LogP contribution in [-0.2, 0) is 28.7 Å². The number of amides is 4. The summed E-state index contributed by atoms with van der Waals surface area (Å²) in [7, 11) is 1.20. The maximum absolute atomic E-state index is 14.0. The van der Waals surface area contributed by atoms with E-state index in [9.17, 15) is 24.0 Å². The number of ether oxygens (including phenoxy) is 2. The summed E-state index contributed by atoms with van der Waals surface area (Å²) < 4.78 is 9.92. The largest absolute Gasteiger partial charge is 0.468 e. The summed E-state index contributed by atoms with van der Waals surface area (Å²) in [5, 5.41) is 5.02. The van der Waals surface area contributed by atoms with Crippen LogP contribution in [0.3, 0.4) is 0 Å². The Kier molecular flexibility index (Phi) is 9.66. The number of benzene rings is 1. The van der Waals surface area contributed by atoms with E-state index in [0.29, 0.717) is 12.0 Å². The molecule has 0 heterocycles. The van der Waals surface area contributed by atoms with Gasteiger partial charge in [-0.3, -0.25) is 19.2 Å². The number of methoxy groups -OCH3 is 1. The van der Waals surface area contributed by atoms with Gasteiger partial charge in [0.2, 0.25) is 17.7 Å². The van der Waals surface area contributed by atoms with Gasteiger partial charge < -0.3 is 30.7 Å². The van der Waals surface area contributed by atoms with Crippen molar-refractivity contribution in [2.45, 2.75) is 78.1 Å². The predicted molar refractivity (Wildman–Crippen MR) is 135 cm³/mol. The van der Waals surface area contributed by atoms with Crippen molar-refractivity contribution >= 4 is 29.8 Å². The molecule has 1 aromatic carbocycles. The number of nitrogens with two attached hydrogens (primary N) is 1. The highest BCUT2D eigenvalue weighted by molar-refractivity contribution is 5.96. The predicted octanol–water partition coefficient (Wildman–Crippen LogP) is 1.64. The summed E-state index contributed by atoms with van der Waals surface area (Å²) in [6, 6.07) is 2.65. The second-order valence-corrected chi connectivity index (χ2v) is 10.4. The van der Waals surface area contributed by atoms with Gasteiger partial charge in [-0.1, -0.05) is 25.1 Å². The number of alkyl carbamates (subject to hydrolysis) is 1. The van der Waals surface area contributed by atoms with E-state index in [1.165, 1.54) is 12.0 Å². The van der Waals surface area contributed by atoms with Crippen molar-refractivity contribution in [1.29, 1.82) is 0 Å². The van der Waals surface area contributed by atoms with Gasteiger partial charge in [-0.15, -0.1) is 0 Å². The van der Waals surface area contributed by atoms with Gasteiger partial charge in [-0.25, -0.2) is 4.79 Å². The smallest absolute Gasteiger partial charge is 0.408 e. The Bertz CT molecular complexity index is 1030. The molecule has 0 aliphatic heterocycles. The number of carbonyl (C=O) groups is 5. The van der Waals surface area contributed by atoms with Gasteiger partial charge in [0.05, 0.1) is 13.5 Å². The Morgan fingerprint density at radius 3 is 2.16 bits per heavy atom. The molecule has 0 spiro atoms. The number of nitrogens with one attached hydrogen (secondary N) is 2. The van der Waals surface area contributed by atoms with Gasteiger partial charge in [-0.05, 0) is 63.6 Å². The van der Waals surface area contributed by atoms with Gasteiger partial charge in [0.1, 0.15) is 24.2 Å². The van der Waals surface area contributed by atoms with Gasteiger partial charge in [0.15, 0.2) is 0 Å². The number of nitrogens with zero attached hydrogens (tertiary/aromatic N) is 1. The lowest BCUT2D eigenvalue weighted by Gasteiger charge is -2.36. The van der Waals surface area contributed by atoms with Crippen LogP contribution >= 0.6 is 0 Å².